The zero-order chi connectivity index (χ0) is 14.7. The average molecular weight is 282 g/mol. The Labute approximate surface area is 122 Å². The summed E-state index contributed by atoms with van der Waals surface area (Å²) in [6, 6.07) is 13.4. The Bertz CT molecular complexity index is 824. The maximum absolute atomic E-state index is 12.1. The summed E-state index contributed by atoms with van der Waals surface area (Å²) in [6.45, 7) is 4.39. The lowest BCUT2D eigenvalue weighted by Crippen LogP contribution is -2.20. The second kappa shape index (κ2) is 5.97. The molecule has 0 saturated carbocycles. The van der Waals surface area contributed by atoms with E-state index >= 15 is 0 Å². The predicted molar refractivity (Wildman–Crippen MR) is 86.1 cm³/mol. The number of fused-ring (bicyclic) bond motifs is 3. The predicted octanol–water partition coefficient (Wildman–Crippen LogP) is 2.67. The standard InChI is InChI=1S/C17H18N2O2/c1-2-18-10-11-21-15-9-5-8-14-16(15)12-6-3-4-7-13(12)17(20)19-14/h3-9,18H,2,10-11H2,1H3,(H,19,20). The van der Waals surface area contributed by atoms with Crippen molar-refractivity contribution < 1.29 is 4.74 Å². The van der Waals surface area contributed by atoms with Crippen molar-refractivity contribution in [2.24, 2.45) is 0 Å². The van der Waals surface area contributed by atoms with E-state index in [0.29, 0.717) is 12.0 Å². The molecule has 0 fully saturated rings. The van der Waals surface area contributed by atoms with Gasteiger partial charge in [0.15, 0.2) is 0 Å². The summed E-state index contributed by atoms with van der Waals surface area (Å²) >= 11 is 0. The molecule has 3 rings (SSSR count). The molecule has 2 N–H and O–H groups in total. The van der Waals surface area contributed by atoms with Gasteiger partial charge in [-0.3, -0.25) is 4.79 Å². The van der Waals surface area contributed by atoms with Crippen molar-refractivity contribution >= 4 is 21.7 Å². The summed E-state index contributed by atoms with van der Waals surface area (Å²) in [5, 5.41) is 5.81. The second-order valence-corrected chi connectivity index (χ2v) is 4.88. The highest BCUT2D eigenvalue weighted by molar-refractivity contribution is 6.08. The molecule has 0 aliphatic carbocycles. The molecular formula is C17H18N2O2. The van der Waals surface area contributed by atoms with Crippen LogP contribution >= 0.6 is 0 Å². The average Bonchev–Trinajstić information content (AvgIpc) is 2.52. The highest BCUT2D eigenvalue weighted by Crippen LogP contribution is 2.29. The highest BCUT2D eigenvalue weighted by atomic mass is 16.5. The van der Waals surface area contributed by atoms with E-state index in [0.717, 1.165) is 35.1 Å². The number of hydrogen-bond donors (Lipinski definition) is 2. The fourth-order valence-electron chi connectivity index (χ4n) is 2.53. The van der Waals surface area contributed by atoms with Crippen molar-refractivity contribution in [2.75, 3.05) is 19.7 Å². The van der Waals surface area contributed by atoms with E-state index in [1.54, 1.807) is 0 Å². The van der Waals surface area contributed by atoms with E-state index in [9.17, 15) is 4.79 Å². The lowest BCUT2D eigenvalue weighted by atomic mass is 10.1. The van der Waals surface area contributed by atoms with Crippen LogP contribution in [-0.4, -0.2) is 24.7 Å². The zero-order valence-electron chi connectivity index (χ0n) is 12.0. The SMILES string of the molecule is CCNCCOc1cccc2[nH]c(=O)c3ccccc3c12. The number of nitrogens with one attached hydrogen (secondary N) is 2. The lowest BCUT2D eigenvalue weighted by Gasteiger charge is -2.11. The Balaban J connectivity index is 2.12. The summed E-state index contributed by atoms with van der Waals surface area (Å²) in [7, 11) is 0. The van der Waals surface area contributed by atoms with Gasteiger partial charge in [0, 0.05) is 22.7 Å². The van der Waals surface area contributed by atoms with Gasteiger partial charge in [-0.15, -0.1) is 0 Å². The molecule has 2 aromatic carbocycles. The van der Waals surface area contributed by atoms with Gasteiger partial charge in [-0.2, -0.15) is 0 Å². The Hall–Kier alpha value is -2.33. The van der Waals surface area contributed by atoms with Gasteiger partial charge in [-0.05, 0) is 24.7 Å². The van der Waals surface area contributed by atoms with Crippen LogP contribution in [0.5, 0.6) is 5.75 Å². The molecule has 0 unspecified atom stereocenters. The third-order valence-electron chi connectivity index (χ3n) is 3.50. The van der Waals surface area contributed by atoms with Gasteiger partial charge in [-0.1, -0.05) is 31.2 Å². The van der Waals surface area contributed by atoms with Crippen molar-refractivity contribution in [3.05, 3.63) is 52.8 Å². The van der Waals surface area contributed by atoms with Crippen LogP contribution in [0.4, 0.5) is 0 Å². The molecule has 0 radical (unpaired) electrons. The van der Waals surface area contributed by atoms with Crippen LogP contribution < -0.4 is 15.6 Å². The smallest absolute Gasteiger partial charge is 0.256 e. The number of H-pyrrole nitrogens is 1. The van der Waals surface area contributed by atoms with Crippen LogP contribution in [0.2, 0.25) is 0 Å². The number of pyridine rings is 1. The number of ether oxygens (including phenoxy) is 1. The van der Waals surface area contributed by atoms with Gasteiger partial charge in [-0.25, -0.2) is 0 Å². The first-order valence-electron chi connectivity index (χ1n) is 7.18. The normalized spacial score (nSPS) is 11.1. The number of aromatic nitrogens is 1. The molecule has 4 nitrogen and oxygen atoms in total. The summed E-state index contributed by atoms with van der Waals surface area (Å²) < 4.78 is 5.88. The molecule has 3 aromatic rings. The van der Waals surface area contributed by atoms with Crippen LogP contribution in [0.1, 0.15) is 6.92 Å². The van der Waals surface area contributed by atoms with E-state index in [-0.39, 0.29) is 5.56 Å². The zero-order valence-corrected chi connectivity index (χ0v) is 12.0. The molecule has 108 valence electrons. The number of rotatable bonds is 5. The van der Waals surface area contributed by atoms with Crippen molar-refractivity contribution in [2.45, 2.75) is 6.92 Å². The first kappa shape index (κ1) is 13.6. The monoisotopic (exact) mass is 282 g/mol. The molecule has 1 heterocycles. The first-order valence-corrected chi connectivity index (χ1v) is 7.18. The largest absolute Gasteiger partial charge is 0.492 e. The van der Waals surface area contributed by atoms with Gasteiger partial charge >= 0.3 is 0 Å². The topological polar surface area (TPSA) is 54.1 Å². The van der Waals surface area contributed by atoms with Crippen molar-refractivity contribution in [3.63, 3.8) is 0 Å². The Kier molecular flexibility index (Phi) is 3.88. The molecule has 0 aliphatic heterocycles. The fourth-order valence-corrected chi connectivity index (χ4v) is 2.53. The molecule has 0 saturated heterocycles. The molecule has 0 spiro atoms. The highest BCUT2D eigenvalue weighted by Gasteiger charge is 2.09. The number of likely N-dealkylation sites (N-methyl/N-ethyl adjacent to an activating group) is 1. The van der Waals surface area contributed by atoms with E-state index in [4.69, 9.17) is 4.74 Å². The lowest BCUT2D eigenvalue weighted by molar-refractivity contribution is 0.319. The maximum atomic E-state index is 12.1. The summed E-state index contributed by atoms with van der Waals surface area (Å²) in [5.41, 5.74) is 0.738. The molecule has 4 heteroatoms. The van der Waals surface area contributed by atoms with Crippen LogP contribution in [-0.2, 0) is 0 Å². The third-order valence-corrected chi connectivity index (χ3v) is 3.50. The summed E-state index contributed by atoms with van der Waals surface area (Å²) in [5.74, 6) is 0.804. The molecule has 0 amide bonds. The Morgan fingerprint density at radius 3 is 2.71 bits per heavy atom. The van der Waals surface area contributed by atoms with E-state index < -0.39 is 0 Å². The van der Waals surface area contributed by atoms with Gasteiger partial charge in [0.05, 0.1) is 5.52 Å². The van der Waals surface area contributed by atoms with Crippen LogP contribution in [0.25, 0.3) is 21.7 Å². The minimum absolute atomic E-state index is 0.0668. The minimum Gasteiger partial charge on any atom is -0.492 e. The number of aromatic amines is 1. The van der Waals surface area contributed by atoms with Gasteiger partial charge < -0.3 is 15.0 Å². The molecule has 0 bridgehead atoms. The fraction of sp³-hybridized carbons (Fsp3) is 0.235. The number of hydrogen-bond acceptors (Lipinski definition) is 3. The van der Waals surface area contributed by atoms with Gasteiger partial charge in [0.2, 0.25) is 0 Å². The second-order valence-electron chi connectivity index (χ2n) is 4.88. The summed E-state index contributed by atoms with van der Waals surface area (Å²) in [4.78, 5) is 15.0. The van der Waals surface area contributed by atoms with Crippen LogP contribution in [0.3, 0.4) is 0 Å². The van der Waals surface area contributed by atoms with Crippen molar-refractivity contribution in [1.29, 1.82) is 0 Å². The van der Waals surface area contributed by atoms with Crippen LogP contribution in [0, 0.1) is 0 Å². The van der Waals surface area contributed by atoms with E-state index in [2.05, 4.69) is 17.2 Å². The van der Waals surface area contributed by atoms with Gasteiger partial charge in [0.25, 0.3) is 5.56 Å². The summed E-state index contributed by atoms with van der Waals surface area (Å²) in [6.07, 6.45) is 0. The maximum Gasteiger partial charge on any atom is 0.256 e. The molecular weight excluding hydrogens is 264 g/mol. The molecule has 0 aliphatic rings. The number of benzene rings is 2. The molecule has 0 atom stereocenters. The third kappa shape index (κ3) is 2.62. The van der Waals surface area contributed by atoms with E-state index in [1.807, 2.05) is 42.5 Å². The van der Waals surface area contributed by atoms with Gasteiger partial charge in [0.1, 0.15) is 12.4 Å². The molecule has 21 heavy (non-hydrogen) atoms. The van der Waals surface area contributed by atoms with Crippen molar-refractivity contribution in [3.8, 4) is 5.75 Å². The Morgan fingerprint density at radius 2 is 1.90 bits per heavy atom. The minimum atomic E-state index is -0.0668. The first-order chi connectivity index (χ1) is 10.3. The van der Waals surface area contributed by atoms with E-state index in [1.165, 1.54) is 0 Å². The van der Waals surface area contributed by atoms with Crippen molar-refractivity contribution in [1.82, 2.24) is 10.3 Å². The van der Waals surface area contributed by atoms with Crippen LogP contribution in [0.15, 0.2) is 47.3 Å². The quantitative estimate of drug-likeness (QED) is 0.559. The Morgan fingerprint density at radius 1 is 1.10 bits per heavy atom. The molecule has 1 aromatic heterocycles.